The Kier molecular flexibility index (Phi) is 45.3. The normalized spacial score (nSPS) is 29.0. The van der Waals surface area contributed by atoms with Crippen LogP contribution in [0.15, 0.2) is 122 Å². The molecule has 0 bridgehead atoms. The van der Waals surface area contributed by atoms with Crippen molar-refractivity contribution < 1.29 is 89.4 Å². The number of allylic oxidation sites excluding steroid dienone is 19. The van der Waals surface area contributed by atoms with Crippen LogP contribution < -0.4 is 5.32 Å². The average molecular weight is 1260 g/mol. The van der Waals surface area contributed by atoms with Crippen molar-refractivity contribution in [1.29, 1.82) is 0 Å². The van der Waals surface area contributed by atoms with E-state index in [1.165, 1.54) is 38.5 Å². The summed E-state index contributed by atoms with van der Waals surface area (Å²) in [6.07, 6.45) is 41.9. The number of carbonyl (C=O) groups excluding carboxylic acids is 1. The molecule has 3 aliphatic rings. The number of amides is 1. The summed E-state index contributed by atoms with van der Waals surface area (Å²) in [7, 11) is 0. The first-order chi connectivity index (χ1) is 43.3. The van der Waals surface area contributed by atoms with Gasteiger partial charge in [0.1, 0.15) is 73.2 Å². The van der Waals surface area contributed by atoms with Crippen LogP contribution >= 0.6 is 0 Å². The molecule has 0 aromatic carbocycles. The van der Waals surface area contributed by atoms with E-state index in [1.54, 1.807) is 6.08 Å². The third-order valence-electron chi connectivity index (χ3n) is 15.8. The van der Waals surface area contributed by atoms with Gasteiger partial charge in [0, 0.05) is 6.42 Å². The van der Waals surface area contributed by atoms with Crippen LogP contribution in [0.1, 0.15) is 181 Å². The number of aliphatic hydroxyl groups excluding tert-OH is 11. The van der Waals surface area contributed by atoms with Crippen LogP contribution in [0, 0.1) is 0 Å². The van der Waals surface area contributed by atoms with Crippen LogP contribution in [0.4, 0.5) is 0 Å². The maximum atomic E-state index is 13.3. The van der Waals surface area contributed by atoms with E-state index in [1.807, 2.05) is 6.08 Å². The molecule has 0 radical (unpaired) electrons. The van der Waals surface area contributed by atoms with E-state index in [2.05, 4.69) is 129 Å². The van der Waals surface area contributed by atoms with Crippen LogP contribution in [0.25, 0.3) is 0 Å². The minimum absolute atomic E-state index is 0.212. The lowest BCUT2D eigenvalue weighted by Crippen LogP contribution is -2.66. The molecule has 0 aromatic heterocycles. The molecular formula is C70H115NO18. The van der Waals surface area contributed by atoms with Gasteiger partial charge in [0.25, 0.3) is 0 Å². The lowest BCUT2D eigenvalue weighted by molar-refractivity contribution is -0.379. The first-order valence-electron chi connectivity index (χ1n) is 33.3. The van der Waals surface area contributed by atoms with Crippen molar-refractivity contribution >= 4 is 5.91 Å². The Morgan fingerprint density at radius 2 is 0.775 bits per heavy atom. The van der Waals surface area contributed by atoms with Crippen molar-refractivity contribution in [2.75, 3.05) is 26.4 Å². The number of ether oxygens (including phenoxy) is 6. The summed E-state index contributed by atoms with van der Waals surface area (Å²) in [5, 5.41) is 120. The minimum atomic E-state index is -1.99. The summed E-state index contributed by atoms with van der Waals surface area (Å²) < 4.78 is 34.2. The SMILES string of the molecule is CC/C=C\C/C=C\C/C=C\C/C=C\C/C=C\C/C=C\C/C=C\C/C=C\C/C=C\CCCCCCCC(=O)NC(COC1OC(CO)C(OC2OC(CO)C(OC3OC(CO)C(O)C(O)C3O)C(O)C2O)C(O)C1O)C(O)/C=C/CCCCCCCCCCC. The topological polar surface area (TPSA) is 307 Å². The largest absolute Gasteiger partial charge is 0.394 e. The highest BCUT2D eigenvalue weighted by Gasteiger charge is 2.53. The maximum absolute atomic E-state index is 13.3. The van der Waals surface area contributed by atoms with Gasteiger partial charge in [-0.2, -0.15) is 0 Å². The molecule has 3 rings (SSSR count). The number of unbranched alkanes of at least 4 members (excludes halogenated alkanes) is 14. The predicted molar refractivity (Wildman–Crippen MR) is 346 cm³/mol. The molecule has 0 saturated carbocycles. The molecule has 19 heteroatoms. The Morgan fingerprint density at radius 3 is 1.21 bits per heavy atom. The second-order valence-corrected chi connectivity index (χ2v) is 23.2. The first kappa shape index (κ1) is 79.4. The Balaban J connectivity index is 1.40. The van der Waals surface area contributed by atoms with E-state index in [0.717, 1.165) is 116 Å². The molecule has 12 N–H and O–H groups in total. The van der Waals surface area contributed by atoms with Crippen molar-refractivity contribution in [2.45, 2.75) is 285 Å². The third kappa shape index (κ3) is 33.0. The highest BCUT2D eigenvalue weighted by Crippen LogP contribution is 2.33. The zero-order chi connectivity index (χ0) is 64.7. The molecule has 1 amide bonds. The molecule has 19 nitrogen and oxygen atoms in total. The van der Waals surface area contributed by atoms with Gasteiger partial charge in [0.15, 0.2) is 18.9 Å². The van der Waals surface area contributed by atoms with E-state index in [4.69, 9.17) is 28.4 Å². The van der Waals surface area contributed by atoms with Crippen LogP contribution in [0.2, 0.25) is 0 Å². The molecule has 3 fully saturated rings. The summed E-state index contributed by atoms with van der Waals surface area (Å²) in [6.45, 7) is 1.54. The highest BCUT2D eigenvalue weighted by atomic mass is 16.8. The zero-order valence-electron chi connectivity index (χ0n) is 53.4. The number of nitrogens with one attached hydrogen (secondary N) is 1. The standard InChI is InChI=1S/C70H115NO18/c1-3-5-7-9-11-13-15-16-17-18-19-20-21-22-23-24-25-26-27-28-29-30-31-32-33-34-35-36-38-40-42-44-46-48-58(76)71-53(54(75)47-45-43-41-39-37-14-12-10-8-6-4-2)52-84-68-64(82)61(79)66(56(50-73)86-68)89-70-65(83)62(80)67(57(51-74)87-70)88-69-63(81)60(78)59(77)55(49-72)85-69/h5,7,11,13,16-17,19-20,22-23,25-26,28-29,31-32,34-35,45,47,53-57,59-70,72-75,77-83H,3-4,6,8-10,12,14-15,18,21,24,27,30,33,36-44,46,48-52H2,1-2H3,(H,71,76)/b7-5-,13-11-,17-16-,20-19-,23-22-,26-25-,29-28-,32-31-,35-34-,47-45+. The molecule has 0 aliphatic carbocycles. The van der Waals surface area contributed by atoms with Gasteiger partial charge in [0.05, 0.1) is 38.6 Å². The lowest BCUT2D eigenvalue weighted by atomic mass is 9.96. The van der Waals surface area contributed by atoms with Gasteiger partial charge in [-0.05, 0) is 89.9 Å². The van der Waals surface area contributed by atoms with Gasteiger partial charge in [-0.1, -0.05) is 206 Å². The van der Waals surface area contributed by atoms with Crippen LogP contribution in [0.3, 0.4) is 0 Å². The molecule has 3 saturated heterocycles. The summed E-state index contributed by atoms with van der Waals surface area (Å²) in [6, 6.07) is -0.991. The second kappa shape index (κ2) is 50.7. The highest BCUT2D eigenvalue weighted by molar-refractivity contribution is 5.76. The summed E-state index contributed by atoms with van der Waals surface area (Å²) in [5.74, 6) is -0.302. The van der Waals surface area contributed by atoms with E-state index in [-0.39, 0.29) is 18.9 Å². The van der Waals surface area contributed by atoms with Crippen LogP contribution in [-0.2, 0) is 33.2 Å². The fraction of sp³-hybridized carbons (Fsp3) is 0.700. The molecule has 0 aromatic rings. The van der Waals surface area contributed by atoms with Gasteiger partial charge in [-0.15, -0.1) is 0 Å². The van der Waals surface area contributed by atoms with Crippen LogP contribution in [-0.4, -0.2) is 193 Å². The fourth-order valence-electron chi connectivity index (χ4n) is 10.4. The number of aliphatic hydroxyl groups is 11. The smallest absolute Gasteiger partial charge is 0.220 e. The van der Waals surface area contributed by atoms with Crippen molar-refractivity contribution in [3.63, 3.8) is 0 Å². The molecule has 0 spiro atoms. The number of hydrogen-bond acceptors (Lipinski definition) is 18. The van der Waals surface area contributed by atoms with Gasteiger partial charge < -0.3 is 89.9 Å². The quantitative estimate of drug-likeness (QED) is 0.0203. The number of hydrogen-bond donors (Lipinski definition) is 12. The minimum Gasteiger partial charge on any atom is -0.394 e. The molecular weight excluding hydrogens is 1140 g/mol. The van der Waals surface area contributed by atoms with Crippen molar-refractivity contribution in [2.24, 2.45) is 0 Å². The monoisotopic (exact) mass is 1260 g/mol. The van der Waals surface area contributed by atoms with E-state index >= 15 is 0 Å². The Hall–Kier alpha value is -3.81. The maximum Gasteiger partial charge on any atom is 0.220 e. The van der Waals surface area contributed by atoms with Gasteiger partial charge in [-0.3, -0.25) is 4.79 Å². The second-order valence-electron chi connectivity index (χ2n) is 23.2. The summed E-state index contributed by atoms with van der Waals surface area (Å²) >= 11 is 0. The summed E-state index contributed by atoms with van der Waals surface area (Å²) in [5.41, 5.74) is 0. The molecule has 3 heterocycles. The molecule has 508 valence electrons. The Morgan fingerprint density at radius 1 is 0.416 bits per heavy atom. The van der Waals surface area contributed by atoms with Crippen molar-refractivity contribution in [3.05, 3.63) is 122 Å². The average Bonchev–Trinajstić information content (AvgIpc) is 1.33. The fourth-order valence-corrected chi connectivity index (χ4v) is 10.4. The molecule has 89 heavy (non-hydrogen) atoms. The Bertz CT molecular complexity index is 2090. The number of carbonyl (C=O) groups is 1. The van der Waals surface area contributed by atoms with Gasteiger partial charge in [-0.25, -0.2) is 0 Å². The van der Waals surface area contributed by atoms with E-state index in [9.17, 15) is 61.0 Å². The molecule has 17 unspecified atom stereocenters. The first-order valence-corrected chi connectivity index (χ1v) is 33.3. The van der Waals surface area contributed by atoms with Crippen LogP contribution in [0.5, 0.6) is 0 Å². The van der Waals surface area contributed by atoms with E-state index < -0.39 is 124 Å². The lowest BCUT2D eigenvalue weighted by Gasteiger charge is -2.48. The van der Waals surface area contributed by atoms with Crippen molar-refractivity contribution in [3.8, 4) is 0 Å². The third-order valence-corrected chi connectivity index (χ3v) is 15.8. The summed E-state index contributed by atoms with van der Waals surface area (Å²) in [4.78, 5) is 13.3. The molecule has 3 aliphatic heterocycles. The van der Waals surface area contributed by atoms with Gasteiger partial charge >= 0.3 is 0 Å². The molecule has 17 atom stereocenters. The Labute approximate surface area is 531 Å². The zero-order valence-corrected chi connectivity index (χ0v) is 53.4. The number of rotatable bonds is 48. The van der Waals surface area contributed by atoms with Crippen molar-refractivity contribution in [1.82, 2.24) is 5.32 Å². The van der Waals surface area contributed by atoms with E-state index in [0.29, 0.717) is 6.42 Å². The predicted octanol–water partition coefficient (Wildman–Crippen LogP) is 8.04. The van der Waals surface area contributed by atoms with Gasteiger partial charge in [0.2, 0.25) is 5.91 Å².